The van der Waals surface area contributed by atoms with Gasteiger partial charge in [-0.1, -0.05) is 0 Å². The highest BCUT2D eigenvalue weighted by Gasteiger charge is 2.19. The number of ether oxygens (including phenoxy) is 2. The van der Waals surface area contributed by atoms with Crippen LogP contribution in [0.15, 0.2) is 12.4 Å². The highest BCUT2D eigenvalue weighted by molar-refractivity contribution is 5.73. The van der Waals surface area contributed by atoms with Gasteiger partial charge in [0.1, 0.15) is 5.75 Å². The van der Waals surface area contributed by atoms with E-state index >= 15 is 0 Å². The van der Waals surface area contributed by atoms with Gasteiger partial charge in [-0.3, -0.25) is 9.78 Å². The van der Waals surface area contributed by atoms with Crippen molar-refractivity contribution in [1.29, 1.82) is 0 Å². The van der Waals surface area contributed by atoms with Gasteiger partial charge in [0, 0.05) is 18.0 Å². The lowest BCUT2D eigenvalue weighted by atomic mass is 10.1. The van der Waals surface area contributed by atoms with Crippen LogP contribution in [0.4, 0.5) is 8.78 Å². The van der Waals surface area contributed by atoms with Gasteiger partial charge in [0.25, 0.3) is 6.43 Å². The van der Waals surface area contributed by atoms with Crippen molar-refractivity contribution in [1.82, 2.24) is 4.98 Å². The number of carbonyl (C=O) groups is 1. The molecular weight excluding hydrogens is 232 g/mol. The maximum atomic E-state index is 12.6. The second-order valence-corrected chi connectivity index (χ2v) is 3.20. The van der Waals surface area contributed by atoms with Crippen molar-refractivity contribution in [2.24, 2.45) is 0 Å². The number of alkyl halides is 2. The second-order valence-electron chi connectivity index (χ2n) is 3.20. The first-order chi connectivity index (χ1) is 8.10. The minimum Gasteiger partial charge on any atom is -0.496 e. The zero-order valence-electron chi connectivity index (χ0n) is 9.57. The summed E-state index contributed by atoms with van der Waals surface area (Å²) in [5.41, 5.74) is -0.0296. The molecule has 0 bridgehead atoms. The molecule has 0 atom stereocenters. The molecule has 0 spiro atoms. The molecule has 0 aliphatic carbocycles. The van der Waals surface area contributed by atoms with Gasteiger partial charge in [-0.25, -0.2) is 8.78 Å². The largest absolute Gasteiger partial charge is 0.496 e. The van der Waals surface area contributed by atoms with Gasteiger partial charge in [-0.05, 0) is 6.92 Å². The lowest BCUT2D eigenvalue weighted by Crippen LogP contribution is -2.10. The first-order valence-corrected chi connectivity index (χ1v) is 5.04. The highest BCUT2D eigenvalue weighted by atomic mass is 19.3. The van der Waals surface area contributed by atoms with E-state index in [0.717, 1.165) is 6.20 Å². The molecule has 1 rings (SSSR count). The summed E-state index contributed by atoms with van der Waals surface area (Å²) in [6.07, 6.45) is -0.482. The Hall–Kier alpha value is -1.72. The minimum absolute atomic E-state index is 0.0111. The molecule has 94 valence electrons. The molecule has 1 aromatic heterocycles. The Kier molecular flexibility index (Phi) is 4.81. The van der Waals surface area contributed by atoms with Crippen LogP contribution in [-0.4, -0.2) is 24.7 Å². The third-order valence-electron chi connectivity index (χ3n) is 2.08. The summed E-state index contributed by atoms with van der Waals surface area (Å²) >= 11 is 0. The summed E-state index contributed by atoms with van der Waals surface area (Å²) in [5.74, 6) is -0.512. The van der Waals surface area contributed by atoms with E-state index in [1.54, 1.807) is 6.92 Å². The van der Waals surface area contributed by atoms with Crippen molar-refractivity contribution in [3.8, 4) is 5.75 Å². The normalized spacial score (nSPS) is 10.4. The van der Waals surface area contributed by atoms with E-state index in [0.29, 0.717) is 5.56 Å². The quantitative estimate of drug-likeness (QED) is 0.745. The van der Waals surface area contributed by atoms with Gasteiger partial charge in [-0.15, -0.1) is 0 Å². The van der Waals surface area contributed by atoms with Gasteiger partial charge >= 0.3 is 5.97 Å². The smallest absolute Gasteiger partial charge is 0.310 e. The molecule has 0 unspecified atom stereocenters. The summed E-state index contributed by atoms with van der Waals surface area (Å²) in [7, 11) is 1.27. The van der Waals surface area contributed by atoms with Crippen molar-refractivity contribution in [3.63, 3.8) is 0 Å². The fraction of sp³-hybridized carbons (Fsp3) is 0.455. The predicted molar refractivity (Wildman–Crippen MR) is 56.1 cm³/mol. The Labute approximate surface area is 97.6 Å². The number of hydrogen-bond acceptors (Lipinski definition) is 4. The standard InChI is InChI=1S/C11H13F2NO3/c1-3-17-9(15)4-7-5-14-6-8(11(12)13)10(7)16-2/h5-6,11H,3-4H2,1-2H3. The molecule has 6 heteroatoms. The number of esters is 1. The number of methoxy groups -OCH3 is 1. The average molecular weight is 245 g/mol. The third kappa shape index (κ3) is 3.37. The molecule has 0 radical (unpaired) electrons. The fourth-order valence-electron chi connectivity index (χ4n) is 1.41. The van der Waals surface area contributed by atoms with E-state index in [2.05, 4.69) is 4.98 Å². The molecule has 1 aromatic rings. The van der Waals surface area contributed by atoms with Crippen molar-refractivity contribution in [3.05, 3.63) is 23.5 Å². The number of aromatic nitrogens is 1. The van der Waals surface area contributed by atoms with E-state index in [4.69, 9.17) is 9.47 Å². The summed E-state index contributed by atoms with van der Waals surface area (Å²) in [5, 5.41) is 0. The summed E-state index contributed by atoms with van der Waals surface area (Å²) in [6.45, 7) is 1.91. The Morgan fingerprint density at radius 1 is 1.47 bits per heavy atom. The van der Waals surface area contributed by atoms with Gasteiger partial charge in [-0.2, -0.15) is 0 Å². The van der Waals surface area contributed by atoms with E-state index in [1.165, 1.54) is 13.3 Å². The van der Waals surface area contributed by atoms with E-state index in [9.17, 15) is 13.6 Å². The van der Waals surface area contributed by atoms with Crippen LogP contribution in [0.2, 0.25) is 0 Å². The van der Waals surface area contributed by atoms with E-state index < -0.39 is 12.4 Å². The Balaban J connectivity index is 2.99. The second kappa shape index (κ2) is 6.12. The molecular formula is C11H13F2NO3. The Bertz CT molecular complexity index is 396. The maximum absolute atomic E-state index is 12.6. The molecule has 1 heterocycles. The third-order valence-corrected chi connectivity index (χ3v) is 2.08. The topological polar surface area (TPSA) is 48.4 Å². The predicted octanol–water partition coefficient (Wildman–Crippen LogP) is 2.13. The molecule has 0 aromatic carbocycles. The molecule has 0 fully saturated rings. The number of carbonyl (C=O) groups excluding carboxylic acids is 1. The minimum atomic E-state index is -2.69. The Morgan fingerprint density at radius 2 is 2.18 bits per heavy atom. The molecule has 4 nitrogen and oxygen atoms in total. The SMILES string of the molecule is CCOC(=O)Cc1cncc(C(F)F)c1OC. The van der Waals surface area contributed by atoms with Gasteiger partial charge in [0.2, 0.25) is 0 Å². The molecule has 0 saturated heterocycles. The Morgan fingerprint density at radius 3 is 2.71 bits per heavy atom. The number of halogens is 2. The van der Waals surface area contributed by atoms with Gasteiger partial charge in [0.15, 0.2) is 0 Å². The summed E-state index contributed by atoms with van der Waals surface area (Å²) < 4.78 is 34.9. The van der Waals surface area contributed by atoms with Crippen LogP contribution in [-0.2, 0) is 16.0 Å². The first kappa shape index (κ1) is 13.3. The monoisotopic (exact) mass is 245 g/mol. The summed E-state index contributed by atoms with van der Waals surface area (Å²) in [6, 6.07) is 0. The molecule has 0 aliphatic rings. The number of rotatable bonds is 5. The van der Waals surface area contributed by atoms with Gasteiger partial charge in [0.05, 0.1) is 25.7 Å². The van der Waals surface area contributed by atoms with Crippen molar-refractivity contribution in [2.45, 2.75) is 19.8 Å². The lowest BCUT2D eigenvalue weighted by Gasteiger charge is -2.11. The fourth-order valence-corrected chi connectivity index (χ4v) is 1.41. The van der Waals surface area contributed by atoms with E-state index in [-0.39, 0.29) is 24.3 Å². The zero-order valence-corrected chi connectivity index (χ0v) is 9.57. The van der Waals surface area contributed by atoms with Crippen LogP contribution in [0.3, 0.4) is 0 Å². The lowest BCUT2D eigenvalue weighted by molar-refractivity contribution is -0.142. The number of hydrogen-bond donors (Lipinski definition) is 0. The van der Waals surface area contributed by atoms with Crippen LogP contribution in [0.5, 0.6) is 5.75 Å². The van der Waals surface area contributed by atoms with Crippen LogP contribution in [0, 0.1) is 0 Å². The van der Waals surface area contributed by atoms with Gasteiger partial charge < -0.3 is 9.47 Å². The van der Waals surface area contributed by atoms with Crippen LogP contribution in [0.25, 0.3) is 0 Å². The molecule has 0 saturated carbocycles. The molecule has 17 heavy (non-hydrogen) atoms. The average Bonchev–Trinajstić information content (AvgIpc) is 2.28. The first-order valence-electron chi connectivity index (χ1n) is 5.04. The van der Waals surface area contributed by atoms with Crippen LogP contribution < -0.4 is 4.74 Å². The number of nitrogens with zero attached hydrogens (tertiary/aromatic N) is 1. The van der Waals surface area contributed by atoms with Crippen LogP contribution in [0.1, 0.15) is 24.5 Å². The van der Waals surface area contributed by atoms with Crippen molar-refractivity contribution in [2.75, 3.05) is 13.7 Å². The van der Waals surface area contributed by atoms with Crippen LogP contribution >= 0.6 is 0 Å². The maximum Gasteiger partial charge on any atom is 0.310 e. The van der Waals surface area contributed by atoms with E-state index in [1.807, 2.05) is 0 Å². The van der Waals surface area contributed by atoms with Crippen molar-refractivity contribution >= 4 is 5.97 Å². The molecule has 0 aliphatic heterocycles. The van der Waals surface area contributed by atoms with Crippen molar-refractivity contribution < 1.29 is 23.0 Å². The molecule has 0 N–H and O–H groups in total. The highest BCUT2D eigenvalue weighted by Crippen LogP contribution is 2.31. The number of pyridine rings is 1. The molecule has 0 amide bonds. The summed E-state index contributed by atoms with van der Waals surface area (Å²) in [4.78, 5) is 14.9. The zero-order chi connectivity index (χ0) is 12.8.